The molecule has 0 aromatic heterocycles. The molecule has 0 saturated heterocycles. The average molecular weight is 537 g/mol. The fourth-order valence-corrected chi connectivity index (χ4v) is 3.27. The van der Waals surface area contributed by atoms with Gasteiger partial charge in [-0.15, -0.1) is 0 Å². The highest BCUT2D eigenvalue weighted by molar-refractivity contribution is 4.81. The van der Waals surface area contributed by atoms with E-state index in [0.717, 1.165) is 13.0 Å². The quantitative estimate of drug-likeness (QED) is 0.0739. The van der Waals surface area contributed by atoms with E-state index in [9.17, 15) is 0 Å². The lowest BCUT2D eigenvalue weighted by atomic mass is 10.1. The Morgan fingerprint density at radius 2 is 0.892 bits per heavy atom. The smallest absolute Gasteiger partial charge is 0.188 e. The third kappa shape index (κ3) is 33.2. The lowest BCUT2D eigenvalue weighted by molar-refractivity contribution is -0.0421. The molecule has 0 atom stereocenters. The summed E-state index contributed by atoms with van der Waals surface area (Å²) in [5.41, 5.74) is 0. The first kappa shape index (κ1) is 36.2. The third-order valence-corrected chi connectivity index (χ3v) is 5.35. The van der Waals surface area contributed by atoms with Crippen LogP contribution in [0.4, 0.5) is 0 Å². The summed E-state index contributed by atoms with van der Waals surface area (Å²) < 4.78 is 43.1. The summed E-state index contributed by atoms with van der Waals surface area (Å²) >= 11 is 0. The Morgan fingerprint density at radius 3 is 1.35 bits per heavy atom. The van der Waals surface area contributed by atoms with Crippen molar-refractivity contribution in [1.29, 1.82) is 0 Å². The second-order valence-electron chi connectivity index (χ2n) is 8.73. The van der Waals surface area contributed by atoms with Gasteiger partial charge in [-0.1, -0.05) is 71.3 Å². The van der Waals surface area contributed by atoms with Gasteiger partial charge in [-0.3, -0.25) is 0 Å². The van der Waals surface area contributed by atoms with E-state index in [0.29, 0.717) is 85.0 Å². The van der Waals surface area contributed by atoms with Crippen LogP contribution in [0.25, 0.3) is 0 Å². The summed E-state index contributed by atoms with van der Waals surface area (Å²) in [7, 11) is 0. The molecule has 0 spiro atoms. The molecule has 0 aromatic carbocycles. The molecule has 1 N–H and O–H groups in total. The molecular weight excluding hydrogens is 480 g/mol. The number of hydrogen-bond donors (Lipinski definition) is 1. The molecule has 0 bridgehead atoms. The van der Waals surface area contributed by atoms with Crippen LogP contribution in [0.15, 0.2) is 12.3 Å². The second kappa shape index (κ2) is 33.2. The lowest BCUT2D eigenvalue weighted by Gasteiger charge is -2.11. The molecule has 222 valence electrons. The van der Waals surface area contributed by atoms with Crippen LogP contribution in [-0.4, -0.2) is 104 Å². The van der Waals surface area contributed by atoms with E-state index < -0.39 is 0 Å². The predicted molar refractivity (Wildman–Crippen MR) is 145 cm³/mol. The molecule has 37 heavy (non-hydrogen) atoms. The summed E-state index contributed by atoms with van der Waals surface area (Å²) in [4.78, 5) is 0. The molecule has 0 unspecified atom stereocenters. The zero-order chi connectivity index (χ0) is 26.9. The Hall–Kier alpha value is -0.780. The molecule has 0 rings (SSSR count). The third-order valence-electron chi connectivity index (χ3n) is 5.35. The van der Waals surface area contributed by atoms with Gasteiger partial charge in [0.25, 0.3) is 0 Å². The number of hydrogen-bond acceptors (Lipinski definition) is 9. The first-order chi connectivity index (χ1) is 18.3. The van der Waals surface area contributed by atoms with Crippen LogP contribution in [0.1, 0.15) is 71.1 Å². The molecule has 0 heterocycles. The molecule has 0 fully saturated rings. The lowest BCUT2D eigenvalue weighted by Crippen LogP contribution is -2.14. The van der Waals surface area contributed by atoms with E-state index in [1.807, 2.05) is 0 Å². The topological polar surface area (TPSA) is 94.1 Å². The van der Waals surface area contributed by atoms with Crippen molar-refractivity contribution < 1.29 is 43.0 Å². The van der Waals surface area contributed by atoms with Crippen molar-refractivity contribution in [2.75, 3.05) is 99.3 Å². The van der Waals surface area contributed by atoms with Crippen LogP contribution in [0.5, 0.6) is 0 Å². The van der Waals surface area contributed by atoms with Crippen LogP contribution >= 0.6 is 0 Å². The summed E-state index contributed by atoms with van der Waals surface area (Å²) in [6, 6.07) is 0. The highest BCUT2D eigenvalue weighted by atomic mass is 16.7. The molecule has 9 heteroatoms. The van der Waals surface area contributed by atoms with E-state index in [4.69, 9.17) is 43.0 Å². The molecule has 0 aliphatic carbocycles. The number of ether oxygens (including phenoxy) is 8. The Bertz CT molecular complexity index is 438. The van der Waals surface area contributed by atoms with Gasteiger partial charge in [-0.2, -0.15) is 0 Å². The maximum atomic E-state index is 8.57. The van der Waals surface area contributed by atoms with Gasteiger partial charge in [0.2, 0.25) is 0 Å². The van der Waals surface area contributed by atoms with Gasteiger partial charge in [0.05, 0.1) is 85.9 Å². The van der Waals surface area contributed by atoms with Gasteiger partial charge in [-0.05, 0) is 6.42 Å². The maximum Gasteiger partial charge on any atom is 0.188 e. The summed E-state index contributed by atoms with van der Waals surface area (Å²) in [6.45, 7) is 12.7. The fraction of sp³-hybridized carbons (Fsp3) is 0.929. The van der Waals surface area contributed by atoms with Crippen molar-refractivity contribution in [2.45, 2.75) is 71.1 Å². The van der Waals surface area contributed by atoms with Gasteiger partial charge in [0, 0.05) is 0 Å². The number of aliphatic hydroxyl groups is 1. The zero-order valence-electron chi connectivity index (χ0n) is 23.6. The largest absolute Gasteiger partial charge is 0.470 e. The highest BCUT2D eigenvalue weighted by Crippen LogP contribution is 2.10. The van der Waals surface area contributed by atoms with E-state index in [1.165, 1.54) is 57.8 Å². The molecule has 0 saturated carbocycles. The van der Waals surface area contributed by atoms with Crippen LogP contribution in [-0.2, 0) is 37.9 Å². The Kier molecular flexibility index (Phi) is 32.5. The predicted octanol–water partition coefficient (Wildman–Crippen LogP) is 4.50. The summed E-state index contributed by atoms with van der Waals surface area (Å²) in [6.07, 6.45) is 13.2. The van der Waals surface area contributed by atoms with Crippen molar-refractivity contribution in [1.82, 2.24) is 0 Å². The van der Waals surface area contributed by atoms with Gasteiger partial charge >= 0.3 is 0 Å². The fourth-order valence-electron chi connectivity index (χ4n) is 3.27. The summed E-state index contributed by atoms with van der Waals surface area (Å²) in [5, 5.41) is 8.57. The first-order valence-electron chi connectivity index (χ1n) is 14.3. The molecule has 0 aliphatic rings. The molecule has 0 radical (unpaired) electrons. The van der Waals surface area contributed by atoms with Gasteiger partial charge in [0.15, 0.2) is 6.79 Å². The van der Waals surface area contributed by atoms with Gasteiger partial charge in [0.1, 0.15) is 12.4 Å². The Morgan fingerprint density at radius 1 is 0.486 bits per heavy atom. The minimum atomic E-state index is 0.0310. The van der Waals surface area contributed by atoms with Crippen LogP contribution < -0.4 is 0 Å². The van der Waals surface area contributed by atoms with Crippen molar-refractivity contribution in [3.8, 4) is 0 Å². The normalized spacial score (nSPS) is 11.3. The zero-order valence-corrected chi connectivity index (χ0v) is 23.6. The number of aliphatic hydroxyl groups excluding tert-OH is 1. The highest BCUT2D eigenvalue weighted by Gasteiger charge is 1.98. The minimum Gasteiger partial charge on any atom is -0.470 e. The SMILES string of the molecule is C=C(COCCOCCOCCOCCOCCOCCO)OCOCCCCCCCCCCCC. The van der Waals surface area contributed by atoms with E-state index in [-0.39, 0.29) is 13.4 Å². The van der Waals surface area contributed by atoms with Crippen molar-refractivity contribution in [3.05, 3.63) is 12.3 Å². The van der Waals surface area contributed by atoms with Gasteiger partial charge in [-0.25, -0.2) is 0 Å². The number of unbranched alkanes of at least 4 members (excludes halogenated alkanes) is 9. The van der Waals surface area contributed by atoms with Crippen LogP contribution in [0.2, 0.25) is 0 Å². The molecule has 0 amide bonds. The van der Waals surface area contributed by atoms with Crippen molar-refractivity contribution in [3.63, 3.8) is 0 Å². The van der Waals surface area contributed by atoms with Crippen LogP contribution in [0, 0.1) is 0 Å². The van der Waals surface area contributed by atoms with E-state index in [2.05, 4.69) is 13.5 Å². The Balaban J connectivity index is 3.13. The second-order valence-corrected chi connectivity index (χ2v) is 8.73. The molecule has 0 aromatic rings. The minimum absolute atomic E-state index is 0.0310. The van der Waals surface area contributed by atoms with E-state index >= 15 is 0 Å². The monoisotopic (exact) mass is 536 g/mol. The average Bonchev–Trinajstić information content (AvgIpc) is 2.90. The van der Waals surface area contributed by atoms with Gasteiger partial charge < -0.3 is 43.0 Å². The Labute approximate surface area is 226 Å². The molecule has 9 nitrogen and oxygen atoms in total. The number of rotatable bonds is 33. The maximum absolute atomic E-state index is 8.57. The van der Waals surface area contributed by atoms with E-state index in [1.54, 1.807) is 0 Å². The van der Waals surface area contributed by atoms with Crippen LogP contribution in [0.3, 0.4) is 0 Å². The summed E-state index contributed by atoms with van der Waals surface area (Å²) in [5.74, 6) is 0.562. The van der Waals surface area contributed by atoms with Crippen molar-refractivity contribution in [2.24, 2.45) is 0 Å². The first-order valence-corrected chi connectivity index (χ1v) is 14.3. The molecular formula is C28H56O9. The standard InChI is InChI=1S/C28H56O9/c1-3-4-5-6-7-8-9-10-11-12-14-36-27-37-28(2)26-35-25-24-34-23-22-33-21-20-32-19-18-31-17-16-30-15-13-29/h29H,2-27H2,1H3. The molecule has 0 aliphatic heterocycles. The van der Waals surface area contributed by atoms with Crippen molar-refractivity contribution >= 4 is 0 Å².